The first-order valence-electron chi connectivity index (χ1n) is 8.90. The molecule has 0 bridgehead atoms. The van der Waals surface area contributed by atoms with Gasteiger partial charge in [-0.3, -0.25) is 4.79 Å². The summed E-state index contributed by atoms with van der Waals surface area (Å²) < 4.78 is 4.93. The van der Waals surface area contributed by atoms with Gasteiger partial charge in [-0.05, 0) is 55.1 Å². The summed E-state index contributed by atoms with van der Waals surface area (Å²) in [4.78, 5) is 14.6. The maximum absolute atomic E-state index is 12.7. The minimum atomic E-state index is 0.0565. The lowest BCUT2D eigenvalue weighted by atomic mass is 9.62. The van der Waals surface area contributed by atoms with Gasteiger partial charge in [0.25, 0.3) is 5.91 Å². The van der Waals surface area contributed by atoms with Crippen LogP contribution in [0.4, 0.5) is 0 Å². The monoisotopic (exact) mass is 324 g/mol. The second-order valence-corrected chi connectivity index (χ2v) is 7.41. The maximum Gasteiger partial charge on any atom is 0.259 e. The molecular formula is C20H24N2O2. The molecule has 1 atom stereocenters. The molecule has 1 aliphatic heterocycles. The minimum Gasteiger partial charge on any atom is -0.364 e. The number of fused-ring (bicyclic) bond motifs is 2. The molecule has 4 rings (SSSR count). The van der Waals surface area contributed by atoms with Crippen molar-refractivity contribution < 1.29 is 9.32 Å². The number of hydrogen-bond acceptors (Lipinski definition) is 3. The largest absolute Gasteiger partial charge is 0.364 e. The number of carbonyl (C=O) groups is 1. The molecule has 1 aromatic carbocycles. The molecule has 1 aliphatic carbocycles. The number of nitrogens with zero attached hydrogens (tertiary/aromatic N) is 2. The van der Waals surface area contributed by atoms with Gasteiger partial charge in [-0.15, -0.1) is 0 Å². The molecule has 0 unspecified atom stereocenters. The smallest absolute Gasteiger partial charge is 0.259 e. The van der Waals surface area contributed by atoms with Crippen LogP contribution in [0.2, 0.25) is 0 Å². The van der Waals surface area contributed by atoms with E-state index in [4.69, 9.17) is 4.52 Å². The first kappa shape index (κ1) is 15.4. The third kappa shape index (κ3) is 2.36. The molecule has 4 nitrogen and oxygen atoms in total. The summed E-state index contributed by atoms with van der Waals surface area (Å²) in [5, 5.41) is 3.83. The normalized spacial score (nSPS) is 22.4. The Hall–Kier alpha value is -2.10. The predicted molar refractivity (Wildman–Crippen MR) is 92.1 cm³/mol. The zero-order chi connectivity index (χ0) is 16.7. The van der Waals surface area contributed by atoms with Gasteiger partial charge < -0.3 is 9.42 Å². The SMILES string of the molecule is Cc1nocc1C(=O)N1CCC2(CC[C@@H](C)c3ccccc32)CC1. The zero-order valence-electron chi connectivity index (χ0n) is 14.4. The molecule has 0 radical (unpaired) electrons. The van der Waals surface area contributed by atoms with Crippen molar-refractivity contribution in [1.29, 1.82) is 0 Å². The first-order chi connectivity index (χ1) is 11.6. The number of piperidine rings is 1. The number of aryl methyl sites for hydroxylation is 1. The fourth-order valence-corrected chi connectivity index (χ4v) is 4.52. The molecule has 0 N–H and O–H groups in total. The third-order valence-electron chi connectivity index (χ3n) is 6.11. The van der Waals surface area contributed by atoms with Crippen LogP contribution in [0.5, 0.6) is 0 Å². The van der Waals surface area contributed by atoms with E-state index in [-0.39, 0.29) is 11.3 Å². The molecular weight excluding hydrogens is 300 g/mol. The Morgan fingerprint density at radius 3 is 2.71 bits per heavy atom. The van der Waals surface area contributed by atoms with Gasteiger partial charge in [0.2, 0.25) is 0 Å². The van der Waals surface area contributed by atoms with Crippen molar-refractivity contribution in [3.63, 3.8) is 0 Å². The number of rotatable bonds is 1. The lowest BCUT2D eigenvalue weighted by molar-refractivity contribution is 0.0648. The summed E-state index contributed by atoms with van der Waals surface area (Å²) in [6, 6.07) is 8.92. The van der Waals surface area contributed by atoms with Crippen LogP contribution in [-0.2, 0) is 5.41 Å². The molecule has 1 saturated heterocycles. The predicted octanol–water partition coefficient (Wildman–Crippen LogP) is 4.05. The van der Waals surface area contributed by atoms with Crippen LogP contribution in [0.1, 0.15) is 65.7 Å². The van der Waals surface area contributed by atoms with Gasteiger partial charge in [-0.25, -0.2) is 0 Å². The van der Waals surface area contributed by atoms with Crippen molar-refractivity contribution in [2.24, 2.45) is 0 Å². The highest BCUT2D eigenvalue weighted by Gasteiger charge is 2.41. The van der Waals surface area contributed by atoms with E-state index in [2.05, 4.69) is 36.3 Å². The molecule has 1 aromatic heterocycles. The van der Waals surface area contributed by atoms with Crippen LogP contribution in [0.15, 0.2) is 35.1 Å². The lowest BCUT2D eigenvalue weighted by Gasteiger charge is -2.46. The van der Waals surface area contributed by atoms with Crippen molar-refractivity contribution in [3.8, 4) is 0 Å². The van der Waals surface area contributed by atoms with E-state index in [1.165, 1.54) is 30.2 Å². The molecule has 4 heteroatoms. The molecule has 126 valence electrons. The van der Waals surface area contributed by atoms with Crippen molar-refractivity contribution in [3.05, 3.63) is 52.9 Å². The van der Waals surface area contributed by atoms with Crippen molar-refractivity contribution in [2.75, 3.05) is 13.1 Å². The van der Waals surface area contributed by atoms with Crippen LogP contribution in [0.3, 0.4) is 0 Å². The summed E-state index contributed by atoms with van der Waals surface area (Å²) in [6.45, 7) is 5.78. The Labute approximate surface area is 142 Å². The number of carbonyl (C=O) groups excluding carboxylic acids is 1. The highest BCUT2D eigenvalue weighted by Crippen LogP contribution is 2.48. The van der Waals surface area contributed by atoms with Crippen LogP contribution in [0, 0.1) is 6.92 Å². The number of hydrogen-bond donors (Lipinski definition) is 0. The van der Waals surface area contributed by atoms with Crippen LogP contribution < -0.4 is 0 Å². The standard InChI is InChI=1S/C20H24N2O2/c1-14-7-8-20(18-6-4-3-5-16(14)18)9-11-22(12-10-20)19(23)17-13-24-21-15(17)2/h3-6,13-14H,7-12H2,1-2H3/t14-/m1/s1. The lowest BCUT2D eigenvalue weighted by Crippen LogP contribution is -2.46. The molecule has 24 heavy (non-hydrogen) atoms. The molecule has 1 fully saturated rings. The van der Waals surface area contributed by atoms with Crippen LogP contribution in [0.25, 0.3) is 0 Å². The number of aromatic nitrogens is 1. The van der Waals surface area contributed by atoms with Gasteiger partial charge in [-0.1, -0.05) is 36.3 Å². The number of benzene rings is 1. The Kier molecular flexibility index (Phi) is 3.70. The number of likely N-dealkylation sites (tertiary alicyclic amines) is 1. The first-order valence-corrected chi connectivity index (χ1v) is 8.90. The van der Waals surface area contributed by atoms with Crippen molar-refractivity contribution >= 4 is 5.91 Å². The van der Waals surface area contributed by atoms with E-state index in [9.17, 15) is 4.79 Å². The fraction of sp³-hybridized carbons (Fsp3) is 0.500. The van der Waals surface area contributed by atoms with Gasteiger partial charge in [0.05, 0.1) is 5.69 Å². The van der Waals surface area contributed by atoms with Gasteiger partial charge in [0.1, 0.15) is 11.8 Å². The van der Waals surface area contributed by atoms with Crippen LogP contribution >= 0.6 is 0 Å². The van der Waals surface area contributed by atoms with Crippen molar-refractivity contribution in [1.82, 2.24) is 10.1 Å². The second-order valence-electron chi connectivity index (χ2n) is 7.41. The molecule has 1 spiro atoms. The topological polar surface area (TPSA) is 46.3 Å². The average Bonchev–Trinajstić information content (AvgIpc) is 3.05. The molecule has 1 amide bonds. The molecule has 0 saturated carbocycles. The highest BCUT2D eigenvalue weighted by molar-refractivity contribution is 5.94. The Morgan fingerprint density at radius 1 is 1.25 bits per heavy atom. The molecule has 2 aromatic rings. The Balaban J connectivity index is 1.55. The summed E-state index contributed by atoms with van der Waals surface area (Å²) in [5.74, 6) is 0.701. The van der Waals surface area contributed by atoms with E-state index >= 15 is 0 Å². The van der Waals surface area contributed by atoms with E-state index < -0.39 is 0 Å². The minimum absolute atomic E-state index is 0.0565. The second kappa shape index (κ2) is 5.76. The number of amides is 1. The van der Waals surface area contributed by atoms with E-state index in [0.717, 1.165) is 25.9 Å². The van der Waals surface area contributed by atoms with E-state index in [1.807, 2.05) is 11.8 Å². The quantitative estimate of drug-likeness (QED) is 0.795. The maximum atomic E-state index is 12.7. The van der Waals surface area contributed by atoms with E-state index in [1.54, 1.807) is 0 Å². The summed E-state index contributed by atoms with van der Waals surface area (Å²) >= 11 is 0. The Bertz CT molecular complexity index is 757. The van der Waals surface area contributed by atoms with Gasteiger partial charge in [-0.2, -0.15) is 0 Å². The molecule has 2 heterocycles. The average molecular weight is 324 g/mol. The Morgan fingerprint density at radius 2 is 2.00 bits per heavy atom. The van der Waals surface area contributed by atoms with Crippen molar-refractivity contribution in [2.45, 2.75) is 50.9 Å². The van der Waals surface area contributed by atoms with Gasteiger partial charge in [0.15, 0.2) is 0 Å². The molecule has 2 aliphatic rings. The third-order valence-corrected chi connectivity index (χ3v) is 6.11. The van der Waals surface area contributed by atoms with Crippen LogP contribution in [-0.4, -0.2) is 29.1 Å². The van der Waals surface area contributed by atoms with Gasteiger partial charge >= 0.3 is 0 Å². The zero-order valence-corrected chi connectivity index (χ0v) is 14.4. The summed E-state index contributed by atoms with van der Waals surface area (Å²) in [5.41, 5.74) is 4.57. The fourth-order valence-electron chi connectivity index (χ4n) is 4.52. The summed E-state index contributed by atoms with van der Waals surface area (Å²) in [7, 11) is 0. The van der Waals surface area contributed by atoms with Gasteiger partial charge in [0, 0.05) is 13.1 Å². The highest BCUT2D eigenvalue weighted by atomic mass is 16.5. The van der Waals surface area contributed by atoms with E-state index in [0.29, 0.717) is 17.2 Å². The summed E-state index contributed by atoms with van der Waals surface area (Å²) in [6.07, 6.45) is 6.05.